The fourth-order valence-corrected chi connectivity index (χ4v) is 1.72. The molecule has 0 bridgehead atoms. The van der Waals surface area contributed by atoms with E-state index in [1.54, 1.807) is 0 Å². The summed E-state index contributed by atoms with van der Waals surface area (Å²) in [6.45, 7) is 0.652. The molecule has 15 heavy (non-hydrogen) atoms. The van der Waals surface area contributed by atoms with Gasteiger partial charge in [0.05, 0.1) is 12.0 Å². The molecule has 0 spiro atoms. The number of nitrogens with two attached hydrogens (primary N) is 1. The highest BCUT2D eigenvalue weighted by Crippen LogP contribution is 2.21. The molecule has 1 aromatic carbocycles. The predicted molar refractivity (Wildman–Crippen MR) is 61.4 cm³/mol. The molecule has 1 heterocycles. The number of benzene rings is 1. The van der Waals surface area contributed by atoms with Crippen LogP contribution in [0.5, 0.6) is 0 Å². The average Bonchev–Trinajstić information content (AvgIpc) is 2.63. The minimum atomic E-state index is 0.652. The lowest BCUT2D eigenvalue weighted by molar-refractivity contribution is 0.805. The Hall–Kier alpha value is -1.61. The quantitative estimate of drug-likeness (QED) is 0.819. The predicted octanol–water partition coefficient (Wildman–Crippen LogP) is 1.59. The molecule has 0 aliphatic carbocycles. The first-order valence-corrected chi connectivity index (χ1v) is 5.08. The molecule has 0 unspecified atom stereocenters. The summed E-state index contributed by atoms with van der Waals surface area (Å²) in [5, 5.41) is 0. The van der Waals surface area contributed by atoms with E-state index in [0.29, 0.717) is 6.54 Å². The van der Waals surface area contributed by atoms with E-state index in [-0.39, 0.29) is 0 Å². The monoisotopic (exact) mass is 201 g/mol. The van der Waals surface area contributed by atoms with Gasteiger partial charge < -0.3 is 10.3 Å². The summed E-state index contributed by atoms with van der Waals surface area (Å²) in [5.74, 6) is 0. The first-order chi connectivity index (χ1) is 7.33. The van der Waals surface area contributed by atoms with Crippen LogP contribution in [0.3, 0.4) is 0 Å². The van der Waals surface area contributed by atoms with Gasteiger partial charge in [-0.15, -0.1) is 0 Å². The summed E-state index contributed by atoms with van der Waals surface area (Å²) in [5.41, 5.74) is 8.99. The lowest BCUT2D eigenvalue weighted by Crippen LogP contribution is -2.07. The Bertz CT molecular complexity index is 431. The largest absolute Gasteiger partial charge is 0.337 e. The third kappa shape index (κ3) is 1.92. The molecule has 0 fully saturated rings. The molecule has 2 aromatic rings. The zero-order valence-electron chi connectivity index (χ0n) is 8.85. The van der Waals surface area contributed by atoms with Gasteiger partial charge in [-0.25, -0.2) is 4.98 Å². The fraction of sp³-hybridized carbons (Fsp3) is 0.250. The second-order valence-electron chi connectivity index (χ2n) is 3.56. The highest BCUT2D eigenvalue weighted by Gasteiger charge is 2.09. The van der Waals surface area contributed by atoms with Crippen molar-refractivity contribution in [1.82, 2.24) is 9.55 Å². The Morgan fingerprint density at radius 1 is 1.27 bits per heavy atom. The van der Waals surface area contributed by atoms with E-state index in [1.807, 2.05) is 36.1 Å². The molecule has 2 N–H and O–H groups in total. The Labute approximate surface area is 89.6 Å². The van der Waals surface area contributed by atoms with Crippen molar-refractivity contribution in [3.05, 3.63) is 42.4 Å². The van der Waals surface area contributed by atoms with Crippen LogP contribution in [0.1, 0.15) is 5.69 Å². The smallest absolute Gasteiger partial charge is 0.0953 e. The Balaban J connectivity index is 2.44. The van der Waals surface area contributed by atoms with E-state index < -0.39 is 0 Å². The second-order valence-corrected chi connectivity index (χ2v) is 3.56. The molecule has 0 saturated carbocycles. The van der Waals surface area contributed by atoms with E-state index >= 15 is 0 Å². The molecule has 0 amide bonds. The number of rotatable bonds is 3. The average molecular weight is 201 g/mol. The van der Waals surface area contributed by atoms with Crippen LogP contribution < -0.4 is 5.73 Å². The maximum Gasteiger partial charge on any atom is 0.0953 e. The molecule has 78 valence electrons. The topological polar surface area (TPSA) is 43.8 Å². The maximum absolute atomic E-state index is 5.59. The van der Waals surface area contributed by atoms with Crippen LogP contribution in [0.2, 0.25) is 0 Å². The van der Waals surface area contributed by atoms with Gasteiger partial charge in [-0.2, -0.15) is 0 Å². The van der Waals surface area contributed by atoms with Crippen molar-refractivity contribution in [1.29, 1.82) is 0 Å². The number of hydrogen-bond acceptors (Lipinski definition) is 2. The summed E-state index contributed by atoms with van der Waals surface area (Å²) in [7, 11) is 2.00. The minimum absolute atomic E-state index is 0.652. The molecule has 3 heteroatoms. The number of nitrogens with zero attached hydrogens (tertiary/aromatic N) is 2. The van der Waals surface area contributed by atoms with Crippen molar-refractivity contribution < 1.29 is 0 Å². The summed E-state index contributed by atoms with van der Waals surface area (Å²) >= 11 is 0. The SMILES string of the molecule is Cn1cnc(-c2ccccc2)c1CCN. The molecule has 2 rings (SSSR count). The molecule has 0 aliphatic heterocycles. The van der Waals surface area contributed by atoms with Crippen LogP contribution in [0, 0.1) is 0 Å². The van der Waals surface area contributed by atoms with Gasteiger partial charge in [0, 0.05) is 24.7 Å². The Morgan fingerprint density at radius 3 is 2.67 bits per heavy atom. The van der Waals surface area contributed by atoms with E-state index in [2.05, 4.69) is 17.1 Å². The molecule has 1 aromatic heterocycles. The Morgan fingerprint density at radius 2 is 2.00 bits per heavy atom. The second kappa shape index (κ2) is 4.28. The normalized spacial score (nSPS) is 10.5. The molecule has 0 aliphatic rings. The van der Waals surface area contributed by atoms with Gasteiger partial charge in [0.15, 0.2) is 0 Å². The number of aryl methyl sites for hydroxylation is 1. The summed E-state index contributed by atoms with van der Waals surface area (Å²) in [6.07, 6.45) is 2.70. The minimum Gasteiger partial charge on any atom is -0.337 e. The summed E-state index contributed by atoms with van der Waals surface area (Å²) in [6, 6.07) is 10.2. The molecule has 0 atom stereocenters. The van der Waals surface area contributed by atoms with Crippen molar-refractivity contribution >= 4 is 0 Å². The van der Waals surface area contributed by atoms with Crippen LogP contribution in [0.25, 0.3) is 11.3 Å². The lowest BCUT2D eigenvalue weighted by Gasteiger charge is -2.04. The standard InChI is InChI=1S/C12H15N3/c1-15-9-14-12(11(15)7-8-13)10-5-3-2-4-6-10/h2-6,9H,7-8,13H2,1H3. The third-order valence-corrected chi connectivity index (χ3v) is 2.49. The number of aromatic nitrogens is 2. The van der Waals surface area contributed by atoms with Crippen molar-refractivity contribution in [3.63, 3.8) is 0 Å². The lowest BCUT2D eigenvalue weighted by atomic mass is 10.1. The zero-order valence-corrected chi connectivity index (χ0v) is 8.85. The third-order valence-electron chi connectivity index (χ3n) is 2.49. The molecule has 0 radical (unpaired) electrons. The van der Waals surface area contributed by atoms with E-state index in [0.717, 1.165) is 17.7 Å². The zero-order chi connectivity index (χ0) is 10.7. The van der Waals surface area contributed by atoms with Crippen molar-refractivity contribution in [2.24, 2.45) is 12.8 Å². The Kier molecular flexibility index (Phi) is 2.83. The highest BCUT2D eigenvalue weighted by molar-refractivity contribution is 5.61. The first kappa shape index (κ1) is 9.93. The van der Waals surface area contributed by atoms with Crippen molar-refractivity contribution in [3.8, 4) is 11.3 Å². The van der Waals surface area contributed by atoms with Gasteiger partial charge in [0.2, 0.25) is 0 Å². The summed E-state index contributed by atoms with van der Waals surface area (Å²) < 4.78 is 2.04. The van der Waals surface area contributed by atoms with Crippen LogP contribution in [-0.4, -0.2) is 16.1 Å². The van der Waals surface area contributed by atoms with Crippen LogP contribution in [0.4, 0.5) is 0 Å². The van der Waals surface area contributed by atoms with E-state index in [1.165, 1.54) is 5.69 Å². The van der Waals surface area contributed by atoms with E-state index in [4.69, 9.17) is 5.73 Å². The van der Waals surface area contributed by atoms with Gasteiger partial charge in [-0.1, -0.05) is 30.3 Å². The summed E-state index contributed by atoms with van der Waals surface area (Å²) in [4.78, 5) is 4.41. The highest BCUT2D eigenvalue weighted by atomic mass is 15.0. The van der Waals surface area contributed by atoms with Crippen molar-refractivity contribution in [2.75, 3.05) is 6.54 Å². The first-order valence-electron chi connectivity index (χ1n) is 5.08. The molecule has 3 nitrogen and oxygen atoms in total. The van der Waals surface area contributed by atoms with E-state index in [9.17, 15) is 0 Å². The number of hydrogen-bond donors (Lipinski definition) is 1. The van der Waals surface area contributed by atoms with Gasteiger partial charge in [-0.05, 0) is 6.54 Å². The van der Waals surface area contributed by atoms with Gasteiger partial charge >= 0.3 is 0 Å². The number of imidazole rings is 1. The molecular weight excluding hydrogens is 186 g/mol. The maximum atomic E-state index is 5.59. The van der Waals surface area contributed by atoms with Gasteiger partial charge in [0.1, 0.15) is 0 Å². The van der Waals surface area contributed by atoms with Crippen molar-refractivity contribution in [2.45, 2.75) is 6.42 Å². The van der Waals surface area contributed by atoms with Gasteiger partial charge in [-0.3, -0.25) is 0 Å². The van der Waals surface area contributed by atoms with Crippen LogP contribution in [0.15, 0.2) is 36.7 Å². The fourth-order valence-electron chi connectivity index (χ4n) is 1.72. The molecular formula is C12H15N3. The van der Waals surface area contributed by atoms with Crippen LogP contribution >= 0.6 is 0 Å². The van der Waals surface area contributed by atoms with Gasteiger partial charge in [0.25, 0.3) is 0 Å². The van der Waals surface area contributed by atoms with Crippen LogP contribution in [-0.2, 0) is 13.5 Å². The molecule has 0 saturated heterocycles.